The summed E-state index contributed by atoms with van der Waals surface area (Å²) in [5.41, 5.74) is 1.91. The van der Waals surface area contributed by atoms with Crippen molar-refractivity contribution in [3.63, 3.8) is 0 Å². The van der Waals surface area contributed by atoms with Crippen LogP contribution in [-0.4, -0.2) is 11.9 Å². The third-order valence-electron chi connectivity index (χ3n) is 2.83. The summed E-state index contributed by atoms with van der Waals surface area (Å²) < 4.78 is 0.566. The van der Waals surface area contributed by atoms with Gasteiger partial charge in [-0.15, -0.1) is 0 Å². The van der Waals surface area contributed by atoms with E-state index in [1.54, 1.807) is 24.3 Å². The summed E-state index contributed by atoms with van der Waals surface area (Å²) >= 11 is 1.91. The fourth-order valence-electron chi connectivity index (χ4n) is 1.79. The van der Waals surface area contributed by atoms with Gasteiger partial charge >= 0.3 is 0 Å². The highest BCUT2D eigenvalue weighted by molar-refractivity contribution is 14.1. The Labute approximate surface area is 130 Å². The van der Waals surface area contributed by atoms with E-state index in [1.807, 2.05) is 41.6 Å². The number of rotatable bonds is 3. The van der Waals surface area contributed by atoms with Crippen LogP contribution >= 0.6 is 22.6 Å². The van der Waals surface area contributed by atoms with Crippen molar-refractivity contribution in [1.29, 1.82) is 0 Å². The number of aryl methyl sites for hydroxylation is 1. The van der Waals surface area contributed by atoms with E-state index in [1.165, 1.54) is 6.07 Å². The van der Waals surface area contributed by atoms with E-state index in [2.05, 4.69) is 5.32 Å². The molecule has 4 nitrogen and oxygen atoms in total. The quantitative estimate of drug-likeness (QED) is 0.831. The summed E-state index contributed by atoms with van der Waals surface area (Å²) in [5, 5.41) is 13.6. The van der Waals surface area contributed by atoms with Gasteiger partial charge in [0.25, 0.3) is 5.91 Å². The second-order valence-corrected chi connectivity index (χ2v) is 5.41. The molecule has 0 atom stereocenters. The van der Waals surface area contributed by atoms with E-state index < -0.39 is 5.97 Å². The molecule has 0 saturated carbocycles. The highest BCUT2D eigenvalue weighted by Gasteiger charge is 2.10. The number of hydrogen-bond acceptors (Lipinski definition) is 3. The van der Waals surface area contributed by atoms with Gasteiger partial charge in [-0.25, -0.2) is 0 Å². The molecule has 0 aliphatic heterocycles. The van der Waals surface area contributed by atoms with Crippen LogP contribution in [-0.2, 0) is 0 Å². The maximum absolute atomic E-state index is 12.1. The first-order chi connectivity index (χ1) is 9.49. The lowest BCUT2D eigenvalue weighted by atomic mass is 10.1. The van der Waals surface area contributed by atoms with Crippen LogP contribution in [0.1, 0.15) is 26.3 Å². The minimum Gasteiger partial charge on any atom is -0.545 e. The lowest BCUT2D eigenvalue weighted by Crippen LogP contribution is -2.23. The molecule has 0 fully saturated rings. The molecule has 0 spiro atoms. The average Bonchev–Trinajstić information content (AvgIpc) is 2.41. The van der Waals surface area contributed by atoms with Crippen molar-refractivity contribution >= 4 is 40.2 Å². The van der Waals surface area contributed by atoms with Gasteiger partial charge in [-0.2, -0.15) is 0 Å². The van der Waals surface area contributed by atoms with E-state index in [-0.39, 0.29) is 11.5 Å². The number of carboxylic acids is 1. The number of halogens is 1. The zero-order valence-electron chi connectivity index (χ0n) is 10.6. The Morgan fingerprint density at radius 2 is 1.80 bits per heavy atom. The highest BCUT2D eigenvalue weighted by atomic mass is 127. The number of amides is 1. The molecule has 102 valence electrons. The normalized spacial score (nSPS) is 10.1. The number of carbonyl (C=O) groups is 2. The maximum atomic E-state index is 12.1. The highest BCUT2D eigenvalue weighted by Crippen LogP contribution is 2.18. The molecule has 0 heterocycles. The average molecular weight is 380 g/mol. The molecule has 0 radical (unpaired) electrons. The summed E-state index contributed by atoms with van der Waals surface area (Å²) in [5.74, 6) is -1.53. The third-order valence-corrected chi connectivity index (χ3v) is 3.77. The fraction of sp³-hybridized carbons (Fsp3) is 0.0667. The first-order valence-electron chi connectivity index (χ1n) is 5.87. The van der Waals surface area contributed by atoms with Crippen LogP contribution < -0.4 is 10.4 Å². The van der Waals surface area contributed by atoms with Crippen LogP contribution in [0.4, 0.5) is 5.69 Å². The van der Waals surface area contributed by atoms with Crippen molar-refractivity contribution in [2.24, 2.45) is 0 Å². The molecule has 0 unspecified atom stereocenters. The summed E-state index contributed by atoms with van der Waals surface area (Å²) in [6.45, 7) is 1.84. The molecule has 1 amide bonds. The lowest BCUT2D eigenvalue weighted by molar-refractivity contribution is -0.255. The maximum Gasteiger partial charge on any atom is 0.255 e. The molecule has 1 N–H and O–H groups in total. The Morgan fingerprint density at radius 1 is 1.10 bits per heavy atom. The van der Waals surface area contributed by atoms with Gasteiger partial charge in [0.15, 0.2) is 0 Å². The molecule has 20 heavy (non-hydrogen) atoms. The van der Waals surface area contributed by atoms with Crippen LogP contribution in [0.3, 0.4) is 0 Å². The Hall–Kier alpha value is -1.89. The van der Waals surface area contributed by atoms with E-state index >= 15 is 0 Å². The van der Waals surface area contributed by atoms with Gasteiger partial charge in [0.2, 0.25) is 0 Å². The van der Waals surface area contributed by atoms with Gasteiger partial charge < -0.3 is 15.2 Å². The number of hydrogen-bond donors (Lipinski definition) is 1. The molecular weight excluding hydrogens is 369 g/mol. The first-order valence-corrected chi connectivity index (χ1v) is 6.95. The smallest absolute Gasteiger partial charge is 0.255 e. The molecule has 0 bridgehead atoms. The van der Waals surface area contributed by atoms with E-state index in [0.717, 1.165) is 5.56 Å². The Kier molecular flexibility index (Phi) is 4.39. The van der Waals surface area contributed by atoms with Crippen LogP contribution in [0.5, 0.6) is 0 Å². The minimum absolute atomic E-state index is 0.0631. The number of nitrogens with one attached hydrogen (secondary N) is 1. The molecule has 0 aliphatic carbocycles. The zero-order valence-corrected chi connectivity index (χ0v) is 12.8. The second kappa shape index (κ2) is 6.04. The standard InChI is InChI=1S/C15H12INO3/c1-9-4-2-3-5-11(9)14(18)17-10-6-7-13(16)12(8-10)15(19)20/h2-8H,1H3,(H,17,18)(H,19,20)/p-1. The Balaban J connectivity index is 2.27. The van der Waals surface area contributed by atoms with Crippen molar-refractivity contribution in [2.45, 2.75) is 6.92 Å². The van der Waals surface area contributed by atoms with Crippen LogP contribution in [0.2, 0.25) is 0 Å². The predicted molar refractivity (Wildman–Crippen MR) is 82.6 cm³/mol. The molecule has 2 aromatic carbocycles. The fourth-order valence-corrected chi connectivity index (χ4v) is 2.34. The number of anilines is 1. The largest absolute Gasteiger partial charge is 0.545 e. The molecular formula is C15H11INO3-. The van der Waals surface area contributed by atoms with Crippen molar-refractivity contribution in [1.82, 2.24) is 0 Å². The van der Waals surface area contributed by atoms with Crippen molar-refractivity contribution in [2.75, 3.05) is 5.32 Å². The van der Waals surface area contributed by atoms with E-state index in [4.69, 9.17) is 0 Å². The molecule has 2 rings (SSSR count). The zero-order chi connectivity index (χ0) is 14.7. The van der Waals surface area contributed by atoms with Gasteiger partial charge in [-0.3, -0.25) is 4.79 Å². The molecule has 0 aliphatic rings. The second-order valence-electron chi connectivity index (χ2n) is 4.25. The van der Waals surface area contributed by atoms with Crippen LogP contribution in [0, 0.1) is 10.5 Å². The lowest BCUT2D eigenvalue weighted by Gasteiger charge is -2.11. The van der Waals surface area contributed by atoms with E-state index in [9.17, 15) is 14.7 Å². The summed E-state index contributed by atoms with van der Waals surface area (Å²) in [7, 11) is 0. The van der Waals surface area contributed by atoms with Crippen LogP contribution in [0.25, 0.3) is 0 Å². The van der Waals surface area contributed by atoms with E-state index in [0.29, 0.717) is 14.8 Å². The van der Waals surface area contributed by atoms with Crippen molar-refractivity contribution < 1.29 is 14.7 Å². The minimum atomic E-state index is -1.26. The number of aromatic carboxylic acids is 1. The van der Waals surface area contributed by atoms with Gasteiger partial charge in [0.1, 0.15) is 0 Å². The number of carbonyl (C=O) groups excluding carboxylic acids is 2. The van der Waals surface area contributed by atoms with Gasteiger partial charge in [-0.05, 0) is 59.3 Å². The first kappa shape index (κ1) is 14.5. The molecule has 2 aromatic rings. The Bertz CT molecular complexity index is 683. The summed E-state index contributed by atoms with van der Waals surface area (Å²) in [4.78, 5) is 23.1. The molecule has 5 heteroatoms. The molecule has 0 saturated heterocycles. The van der Waals surface area contributed by atoms with Gasteiger partial charge in [-0.1, -0.05) is 18.2 Å². The molecule has 0 aromatic heterocycles. The van der Waals surface area contributed by atoms with Crippen molar-refractivity contribution in [3.8, 4) is 0 Å². The monoisotopic (exact) mass is 380 g/mol. The van der Waals surface area contributed by atoms with Crippen LogP contribution in [0.15, 0.2) is 42.5 Å². The number of carboxylic acid groups (broad SMARTS) is 1. The number of benzene rings is 2. The predicted octanol–water partition coefficient (Wildman–Crippen LogP) is 2.22. The summed E-state index contributed by atoms with van der Waals surface area (Å²) in [6.07, 6.45) is 0. The van der Waals surface area contributed by atoms with Gasteiger partial charge in [0.05, 0.1) is 5.97 Å². The Morgan fingerprint density at radius 3 is 2.45 bits per heavy atom. The topological polar surface area (TPSA) is 69.2 Å². The summed E-state index contributed by atoms with van der Waals surface area (Å²) in [6, 6.07) is 11.9. The van der Waals surface area contributed by atoms with Gasteiger partial charge in [0, 0.05) is 20.4 Å². The third kappa shape index (κ3) is 3.16. The van der Waals surface area contributed by atoms with Crippen molar-refractivity contribution in [3.05, 3.63) is 62.7 Å². The SMILES string of the molecule is Cc1ccccc1C(=O)Nc1ccc(I)c(C(=O)[O-])c1.